The first-order chi connectivity index (χ1) is 14.0. The average molecular weight is 397 g/mol. The number of hydrogen-bond donors (Lipinski definition) is 2. The number of amides is 4. The molecule has 2 aromatic rings. The molecule has 0 radical (unpaired) electrons. The van der Waals surface area contributed by atoms with Crippen molar-refractivity contribution in [3.63, 3.8) is 0 Å². The van der Waals surface area contributed by atoms with Crippen molar-refractivity contribution in [1.29, 1.82) is 0 Å². The number of benzene rings is 2. The zero-order valence-electron chi connectivity index (χ0n) is 16.3. The fourth-order valence-corrected chi connectivity index (χ4v) is 3.45. The van der Waals surface area contributed by atoms with E-state index >= 15 is 0 Å². The summed E-state index contributed by atoms with van der Waals surface area (Å²) in [6.45, 7) is 1.92. The lowest BCUT2D eigenvalue weighted by atomic mass is 9.85. The summed E-state index contributed by atoms with van der Waals surface area (Å²) in [7, 11) is 0. The molecular weight excluding hydrogens is 373 g/mol. The van der Waals surface area contributed by atoms with Gasteiger partial charge in [-0.2, -0.15) is 0 Å². The summed E-state index contributed by atoms with van der Waals surface area (Å²) >= 11 is 0. The Morgan fingerprint density at radius 1 is 1.10 bits per heavy atom. The molecule has 1 heterocycles. The van der Waals surface area contributed by atoms with Crippen molar-refractivity contribution in [2.24, 2.45) is 0 Å². The number of carbonyl (C=O) groups is 3. The molecule has 7 heteroatoms. The highest BCUT2D eigenvalue weighted by molar-refractivity contribution is 6.09. The normalized spacial score (nSPS) is 18.6. The van der Waals surface area contributed by atoms with Gasteiger partial charge in [-0.1, -0.05) is 62.2 Å². The Labute approximate surface area is 169 Å². The summed E-state index contributed by atoms with van der Waals surface area (Å²) in [5.41, 5.74) is 0.153. The molecule has 1 saturated heterocycles. The zero-order valence-corrected chi connectivity index (χ0v) is 16.3. The van der Waals surface area contributed by atoms with Gasteiger partial charge in [-0.05, 0) is 29.7 Å². The van der Waals surface area contributed by atoms with E-state index in [1.54, 1.807) is 0 Å². The molecule has 0 saturated carbocycles. The lowest BCUT2D eigenvalue weighted by molar-refractivity contribution is -0.135. The second-order valence-corrected chi connectivity index (χ2v) is 7.10. The molecule has 1 aliphatic heterocycles. The molecular formula is C22H24FN3O3. The largest absolute Gasteiger partial charge is 0.350 e. The van der Waals surface area contributed by atoms with Gasteiger partial charge in [-0.3, -0.25) is 14.5 Å². The summed E-state index contributed by atoms with van der Waals surface area (Å²) in [6.07, 6.45) is 1.89. The molecule has 0 aromatic heterocycles. The number of unbranched alkanes of at least 4 members (excludes halogenated alkanes) is 1. The van der Waals surface area contributed by atoms with Crippen LogP contribution in [0.2, 0.25) is 0 Å². The Morgan fingerprint density at radius 3 is 2.45 bits per heavy atom. The topological polar surface area (TPSA) is 78.5 Å². The Morgan fingerprint density at radius 2 is 1.79 bits per heavy atom. The van der Waals surface area contributed by atoms with E-state index in [1.807, 2.05) is 37.3 Å². The maximum atomic E-state index is 13.4. The second-order valence-electron chi connectivity index (χ2n) is 7.10. The third kappa shape index (κ3) is 4.45. The molecule has 6 nitrogen and oxygen atoms in total. The highest BCUT2D eigenvalue weighted by Gasteiger charge is 2.52. The van der Waals surface area contributed by atoms with E-state index in [-0.39, 0.29) is 6.54 Å². The summed E-state index contributed by atoms with van der Waals surface area (Å²) in [5, 5.41) is 5.47. The molecule has 1 aliphatic rings. The van der Waals surface area contributed by atoms with E-state index < -0.39 is 29.2 Å². The van der Waals surface area contributed by atoms with Crippen LogP contribution in [0.25, 0.3) is 0 Å². The number of imide groups is 1. The van der Waals surface area contributed by atoms with Gasteiger partial charge in [0.1, 0.15) is 17.9 Å². The van der Waals surface area contributed by atoms with Crippen LogP contribution in [-0.2, 0) is 21.7 Å². The Bertz CT molecular complexity index is 886. The number of rotatable bonds is 8. The van der Waals surface area contributed by atoms with Crippen LogP contribution in [0.1, 0.15) is 37.3 Å². The van der Waals surface area contributed by atoms with Crippen LogP contribution in [-0.4, -0.2) is 29.3 Å². The van der Waals surface area contributed by atoms with Crippen LogP contribution >= 0.6 is 0 Å². The van der Waals surface area contributed by atoms with Gasteiger partial charge >= 0.3 is 6.03 Å². The average Bonchev–Trinajstić information content (AvgIpc) is 2.97. The molecule has 1 fully saturated rings. The molecule has 0 spiro atoms. The van der Waals surface area contributed by atoms with Gasteiger partial charge in [-0.25, -0.2) is 9.18 Å². The summed E-state index contributed by atoms with van der Waals surface area (Å²) in [5.74, 6) is -1.34. The van der Waals surface area contributed by atoms with E-state index in [9.17, 15) is 18.8 Å². The van der Waals surface area contributed by atoms with Crippen molar-refractivity contribution >= 4 is 17.8 Å². The van der Waals surface area contributed by atoms with Gasteiger partial charge in [0.2, 0.25) is 5.91 Å². The van der Waals surface area contributed by atoms with Crippen molar-refractivity contribution in [3.8, 4) is 0 Å². The summed E-state index contributed by atoms with van der Waals surface area (Å²) in [6, 6.07) is 14.3. The first-order valence-electron chi connectivity index (χ1n) is 9.67. The number of hydrogen-bond acceptors (Lipinski definition) is 3. The molecule has 3 rings (SSSR count). The fourth-order valence-electron chi connectivity index (χ4n) is 3.45. The second kappa shape index (κ2) is 8.86. The minimum Gasteiger partial charge on any atom is -0.350 e. The lowest BCUT2D eigenvalue weighted by Crippen LogP contribution is -2.45. The van der Waals surface area contributed by atoms with E-state index in [1.165, 1.54) is 24.3 Å². The molecule has 2 N–H and O–H groups in total. The van der Waals surface area contributed by atoms with E-state index in [4.69, 9.17) is 0 Å². The van der Waals surface area contributed by atoms with Crippen molar-refractivity contribution in [1.82, 2.24) is 15.5 Å². The molecule has 29 heavy (non-hydrogen) atoms. The number of halogens is 1. The molecule has 2 aromatic carbocycles. The minimum atomic E-state index is -1.28. The van der Waals surface area contributed by atoms with Crippen molar-refractivity contribution in [2.75, 3.05) is 6.54 Å². The van der Waals surface area contributed by atoms with Gasteiger partial charge in [0, 0.05) is 6.54 Å². The van der Waals surface area contributed by atoms with Crippen molar-refractivity contribution in [2.45, 2.75) is 38.3 Å². The minimum absolute atomic E-state index is 0.308. The highest BCUT2D eigenvalue weighted by atomic mass is 19.1. The van der Waals surface area contributed by atoms with Crippen LogP contribution in [0.15, 0.2) is 54.6 Å². The molecule has 152 valence electrons. The molecule has 1 atom stereocenters. The Hall–Kier alpha value is -3.22. The maximum absolute atomic E-state index is 13.4. The van der Waals surface area contributed by atoms with Crippen LogP contribution < -0.4 is 10.6 Å². The zero-order chi connectivity index (χ0) is 20.9. The van der Waals surface area contributed by atoms with Gasteiger partial charge in [-0.15, -0.1) is 0 Å². The third-order valence-electron chi connectivity index (χ3n) is 5.05. The quantitative estimate of drug-likeness (QED) is 0.672. The first kappa shape index (κ1) is 20.5. The van der Waals surface area contributed by atoms with E-state index in [0.29, 0.717) is 24.9 Å². The number of carbonyl (C=O) groups excluding carboxylic acids is 3. The van der Waals surface area contributed by atoms with E-state index in [0.717, 1.165) is 16.9 Å². The first-order valence-corrected chi connectivity index (χ1v) is 9.67. The van der Waals surface area contributed by atoms with Gasteiger partial charge in [0.25, 0.3) is 5.91 Å². The molecule has 0 bridgehead atoms. The van der Waals surface area contributed by atoms with Crippen molar-refractivity contribution < 1.29 is 18.8 Å². The van der Waals surface area contributed by atoms with Gasteiger partial charge in [0.15, 0.2) is 0 Å². The number of nitrogens with one attached hydrogen (secondary N) is 2. The molecule has 4 amide bonds. The lowest BCUT2D eigenvalue weighted by Gasteiger charge is -2.27. The molecule has 0 unspecified atom stereocenters. The number of nitrogens with zero attached hydrogens (tertiary/aromatic N) is 1. The molecule has 0 aliphatic carbocycles. The third-order valence-corrected chi connectivity index (χ3v) is 5.05. The predicted molar refractivity (Wildman–Crippen MR) is 106 cm³/mol. The predicted octanol–water partition coefficient (Wildman–Crippen LogP) is 3.08. The van der Waals surface area contributed by atoms with Crippen LogP contribution in [0, 0.1) is 5.82 Å². The van der Waals surface area contributed by atoms with Crippen molar-refractivity contribution in [3.05, 3.63) is 71.5 Å². The standard InChI is InChI=1S/C22H24FN3O3/c1-2-3-13-22(17-9-11-18(23)12-10-17)20(28)26(21(29)25-22)15-19(27)24-14-16-7-5-4-6-8-16/h4-12H,2-3,13-15H2,1H3,(H,24,27)(H,25,29)/t22-/m0/s1. The van der Waals surface area contributed by atoms with Gasteiger partial charge in [0.05, 0.1) is 0 Å². The summed E-state index contributed by atoms with van der Waals surface area (Å²) < 4.78 is 13.4. The smallest absolute Gasteiger partial charge is 0.325 e. The van der Waals surface area contributed by atoms with Crippen LogP contribution in [0.4, 0.5) is 9.18 Å². The SMILES string of the molecule is CCCC[C@@]1(c2ccc(F)cc2)NC(=O)N(CC(=O)NCc2ccccc2)C1=O. The Balaban J connectivity index is 1.75. The van der Waals surface area contributed by atoms with Crippen LogP contribution in [0.5, 0.6) is 0 Å². The van der Waals surface area contributed by atoms with E-state index in [2.05, 4.69) is 10.6 Å². The number of urea groups is 1. The highest BCUT2D eigenvalue weighted by Crippen LogP contribution is 2.34. The monoisotopic (exact) mass is 397 g/mol. The fraction of sp³-hybridized carbons (Fsp3) is 0.318. The summed E-state index contributed by atoms with van der Waals surface area (Å²) in [4.78, 5) is 39.0. The Kier molecular flexibility index (Phi) is 6.26. The van der Waals surface area contributed by atoms with Gasteiger partial charge < -0.3 is 10.6 Å². The maximum Gasteiger partial charge on any atom is 0.325 e. The van der Waals surface area contributed by atoms with Crippen LogP contribution in [0.3, 0.4) is 0 Å².